The standard InChI is InChI=1S/C22H29N3O/c1-21-9-7-16(24-26)13-15(21)3-4-17-18-5-6-20(25-12-11-23-14-25)22(18,2)10-8-19(17)21/h6,11-14,17-19,26H,3-5,7-10H2,1-2H3/b24-16+/t17-,18?,19-,21-,22-/m0/s1. The van der Waals surface area contributed by atoms with E-state index in [1.807, 2.05) is 12.5 Å². The molecule has 0 saturated heterocycles. The molecule has 1 aromatic heterocycles. The van der Waals surface area contributed by atoms with Crippen molar-refractivity contribution in [1.29, 1.82) is 0 Å². The van der Waals surface area contributed by atoms with Crippen molar-refractivity contribution in [3.8, 4) is 0 Å². The van der Waals surface area contributed by atoms with E-state index in [0.717, 1.165) is 36.3 Å². The normalized spacial score (nSPS) is 43.3. The second-order valence-electron chi connectivity index (χ2n) is 9.35. The van der Waals surface area contributed by atoms with Crippen LogP contribution in [0.3, 0.4) is 0 Å². The molecule has 0 radical (unpaired) electrons. The molecule has 5 atom stereocenters. The Morgan fingerprint density at radius 2 is 2.04 bits per heavy atom. The Morgan fingerprint density at radius 3 is 2.81 bits per heavy atom. The largest absolute Gasteiger partial charge is 0.411 e. The molecule has 0 aliphatic heterocycles. The van der Waals surface area contributed by atoms with Crippen molar-refractivity contribution in [2.45, 2.75) is 58.8 Å². The van der Waals surface area contributed by atoms with E-state index in [1.165, 1.54) is 37.8 Å². The van der Waals surface area contributed by atoms with Gasteiger partial charge in [-0.15, -0.1) is 0 Å². The summed E-state index contributed by atoms with van der Waals surface area (Å²) < 4.78 is 2.25. The van der Waals surface area contributed by atoms with E-state index in [9.17, 15) is 5.21 Å². The first-order valence-corrected chi connectivity index (χ1v) is 10.2. The van der Waals surface area contributed by atoms with Crippen LogP contribution in [0, 0.1) is 28.6 Å². The Hall–Kier alpha value is -1.84. The Morgan fingerprint density at radius 1 is 1.15 bits per heavy atom. The predicted molar refractivity (Wildman–Crippen MR) is 103 cm³/mol. The van der Waals surface area contributed by atoms with Crippen molar-refractivity contribution in [3.05, 3.63) is 36.4 Å². The average Bonchev–Trinajstić information content (AvgIpc) is 3.27. The molecule has 1 aromatic rings. The number of hydrogen-bond donors (Lipinski definition) is 1. The van der Waals surface area contributed by atoms with Crippen LogP contribution < -0.4 is 0 Å². The molecule has 26 heavy (non-hydrogen) atoms. The molecule has 0 bridgehead atoms. The van der Waals surface area contributed by atoms with Crippen molar-refractivity contribution in [2.75, 3.05) is 0 Å². The van der Waals surface area contributed by atoms with Crippen LogP contribution in [0.1, 0.15) is 58.8 Å². The monoisotopic (exact) mass is 351 g/mol. The van der Waals surface area contributed by atoms with Gasteiger partial charge in [-0.25, -0.2) is 4.98 Å². The van der Waals surface area contributed by atoms with Crippen LogP contribution in [0.15, 0.2) is 41.6 Å². The molecule has 138 valence electrons. The molecule has 2 saturated carbocycles. The topological polar surface area (TPSA) is 50.4 Å². The average molecular weight is 351 g/mol. The van der Waals surface area contributed by atoms with Crippen LogP contribution in [-0.2, 0) is 0 Å². The first-order chi connectivity index (χ1) is 12.6. The molecule has 4 heteroatoms. The minimum atomic E-state index is 0.284. The zero-order valence-electron chi connectivity index (χ0n) is 15.9. The predicted octanol–water partition coefficient (Wildman–Crippen LogP) is 5.13. The lowest BCUT2D eigenvalue weighted by Gasteiger charge is -2.57. The number of rotatable bonds is 1. The Balaban J connectivity index is 1.47. The van der Waals surface area contributed by atoms with Crippen LogP contribution in [0.2, 0.25) is 0 Å². The van der Waals surface area contributed by atoms with Crippen molar-refractivity contribution >= 4 is 11.4 Å². The van der Waals surface area contributed by atoms with E-state index in [-0.39, 0.29) is 5.41 Å². The molecule has 1 unspecified atom stereocenters. The highest BCUT2D eigenvalue weighted by atomic mass is 16.4. The molecule has 2 fully saturated rings. The van der Waals surface area contributed by atoms with Gasteiger partial charge in [-0.2, -0.15) is 0 Å². The lowest BCUT2D eigenvalue weighted by molar-refractivity contribution is -0.0204. The Kier molecular flexibility index (Phi) is 3.51. The van der Waals surface area contributed by atoms with Gasteiger partial charge in [-0.05, 0) is 74.2 Å². The number of allylic oxidation sites excluding steroid dienone is 4. The van der Waals surface area contributed by atoms with Crippen molar-refractivity contribution < 1.29 is 5.21 Å². The first-order valence-electron chi connectivity index (χ1n) is 10.2. The molecular formula is C22H29N3O. The number of imidazole rings is 1. The number of hydrogen-bond acceptors (Lipinski definition) is 3. The van der Waals surface area contributed by atoms with Gasteiger partial charge in [0.05, 0.1) is 12.0 Å². The number of aromatic nitrogens is 2. The number of fused-ring (bicyclic) bond motifs is 5. The lowest BCUT2D eigenvalue weighted by Crippen LogP contribution is -2.50. The minimum Gasteiger partial charge on any atom is -0.411 e. The number of oxime groups is 1. The molecule has 1 N–H and O–H groups in total. The molecule has 4 aliphatic rings. The third-order valence-corrected chi connectivity index (χ3v) is 8.43. The highest BCUT2D eigenvalue weighted by Crippen LogP contribution is 2.65. The Labute approximate surface area is 155 Å². The summed E-state index contributed by atoms with van der Waals surface area (Å²) in [7, 11) is 0. The van der Waals surface area contributed by atoms with Crippen LogP contribution >= 0.6 is 0 Å². The SMILES string of the molecule is C[C@]12CC/C(=N\O)C=C1CC[C@H]1C3CC=C(n4ccnc4)[C@@]3(C)CC[C@@H]12. The third-order valence-electron chi connectivity index (χ3n) is 8.43. The summed E-state index contributed by atoms with van der Waals surface area (Å²) in [6.45, 7) is 4.99. The van der Waals surface area contributed by atoms with Gasteiger partial charge in [-0.1, -0.05) is 30.7 Å². The summed E-state index contributed by atoms with van der Waals surface area (Å²) >= 11 is 0. The van der Waals surface area contributed by atoms with Gasteiger partial charge in [-0.3, -0.25) is 0 Å². The number of nitrogens with zero attached hydrogens (tertiary/aromatic N) is 3. The van der Waals surface area contributed by atoms with Gasteiger partial charge in [0.2, 0.25) is 0 Å². The summed E-state index contributed by atoms with van der Waals surface area (Å²) in [5.74, 6) is 2.34. The Bertz CT molecular complexity index is 805. The summed E-state index contributed by atoms with van der Waals surface area (Å²) in [6, 6.07) is 0. The van der Waals surface area contributed by atoms with Crippen molar-refractivity contribution in [1.82, 2.24) is 9.55 Å². The minimum absolute atomic E-state index is 0.284. The molecular weight excluding hydrogens is 322 g/mol. The fourth-order valence-electron chi connectivity index (χ4n) is 7.00. The fourth-order valence-corrected chi connectivity index (χ4v) is 7.00. The molecule has 5 rings (SSSR count). The van der Waals surface area contributed by atoms with Gasteiger partial charge < -0.3 is 9.77 Å². The van der Waals surface area contributed by atoms with Crippen molar-refractivity contribution in [3.63, 3.8) is 0 Å². The smallest absolute Gasteiger partial charge is 0.0989 e. The quantitative estimate of drug-likeness (QED) is 0.563. The molecule has 0 aromatic carbocycles. The summed E-state index contributed by atoms with van der Waals surface area (Å²) in [5.41, 5.74) is 4.48. The van der Waals surface area contributed by atoms with Crippen LogP contribution in [0.4, 0.5) is 0 Å². The van der Waals surface area contributed by atoms with Gasteiger partial charge in [0.1, 0.15) is 0 Å². The van der Waals surface area contributed by atoms with E-state index in [4.69, 9.17) is 0 Å². The zero-order valence-corrected chi connectivity index (χ0v) is 15.9. The second-order valence-corrected chi connectivity index (χ2v) is 9.35. The highest BCUT2D eigenvalue weighted by molar-refractivity contribution is 5.96. The van der Waals surface area contributed by atoms with E-state index >= 15 is 0 Å². The zero-order chi connectivity index (χ0) is 17.9. The molecule has 0 spiro atoms. The highest BCUT2D eigenvalue weighted by Gasteiger charge is 2.57. The van der Waals surface area contributed by atoms with Gasteiger partial charge >= 0.3 is 0 Å². The lowest BCUT2D eigenvalue weighted by atomic mass is 9.47. The molecule has 1 heterocycles. The van der Waals surface area contributed by atoms with Crippen LogP contribution in [0.25, 0.3) is 5.70 Å². The van der Waals surface area contributed by atoms with E-state index in [0.29, 0.717) is 5.41 Å². The molecule has 4 aliphatic carbocycles. The summed E-state index contributed by atoms with van der Waals surface area (Å²) in [4.78, 5) is 4.28. The first kappa shape index (κ1) is 16.3. The van der Waals surface area contributed by atoms with Crippen LogP contribution in [-0.4, -0.2) is 20.5 Å². The molecule has 0 amide bonds. The van der Waals surface area contributed by atoms with Gasteiger partial charge in [0.15, 0.2) is 0 Å². The van der Waals surface area contributed by atoms with Crippen LogP contribution in [0.5, 0.6) is 0 Å². The second kappa shape index (κ2) is 5.58. The van der Waals surface area contributed by atoms with E-state index in [1.54, 1.807) is 5.57 Å². The summed E-state index contributed by atoms with van der Waals surface area (Å²) in [5, 5.41) is 12.7. The van der Waals surface area contributed by atoms with E-state index in [2.05, 4.69) is 46.9 Å². The maximum absolute atomic E-state index is 9.20. The molecule has 4 nitrogen and oxygen atoms in total. The maximum Gasteiger partial charge on any atom is 0.0989 e. The summed E-state index contributed by atoms with van der Waals surface area (Å²) in [6.07, 6.45) is 19.0. The van der Waals surface area contributed by atoms with Gasteiger partial charge in [0.25, 0.3) is 0 Å². The van der Waals surface area contributed by atoms with Crippen molar-refractivity contribution in [2.24, 2.45) is 33.7 Å². The third kappa shape index (κ3) is 2.07. The maximum atomic E-state index is 9.20. The van der Waals surface area contributed by atoms with E-state index < -0.39 is 0 Å². The van der Waals surface area contributed by atoms with Gasteiger partial charge in [0, 0.05) is 23.5 Å². The fraction of sp³-hybridized carbons (Fsp3) is 0.636.